The fraction of sp³-hybridized carbons (Fsp3) is 0.364. The Hall–Kier alpha value is -1.07. The van der Waals surface area contributed by atoms with Crippen LogP contribution in [-0.4, -0.2) is 26.5 Å². The normalized spacial score (nSPS) is 11.2. The summed E-state index contributed by atoms with van der Waals surface area (Å²) in [5, 5.41) is 2.64. The standard InChI is InChI=1S/C11H14ClNO3S/c1-8-3-4-9(17(2,15)16)7-10(8)13-11(14)5-6-12/h3-4,7H,5-6H2,1-2H3,(H,13,14). The van der Waals surface area contributed by atoms with E-state index in [0.29, 0.717) is 5.69 Å². The van der Waals surface area contributed by atoms with Crippen LogP contribution in [0.5, 0.6) is 0 Å². The molecule has 0 spiro atoms. The summed E-state index contributed by atoms with van der Waals surface area (Å²) in [4.78, 5) is 11.6. The third-order valence-corrected chi connectivity index (χ3v) is 3.53. The second kappa shape index (κ2) is 5.51. The van der Waals surface area contributed by atoms with E-state index in [1.165, 1.54) is 12.1 Å². The van der Waals surface area contributed by atoms with Gasteiger partial charge in [-0.05, 0) is 24.6 Å². The summed E-state index contributed by atoms with van der Waals surface area (Å²) >= 11 is 5.45. The number of benzene rings is 1. The minimum absolute atomic E-state index is 0.185. The molecule has 0 heterocycles. The fourth-order valence-corrected chi connectivity index (χ4v) is 2.08. The summed E-state index contributed by atoms with van der Waals surface area (Å²) in [6.45, 7) is 1.79. The number of halogens is 1. The van der Waals surface area contributed by atoms with Crippen LogP contribution >= 0.6 is 11.6 Å². The minimum atomic E-state index is -3.27. The smallest absolute Gasteiger partial charge is 0.225 e. The van der Waals surface area contributed by atoms with E-state index in [2.05, 4.69) is 5.32 Å². The Kier molecular flexibility index (Phi) is 4.54. The molecular weight excluding hydrogens is 262 g/mol. The monoisotopic (exact) mass is 275 g/mol. The van der Waals surface area contributed by atoms with Gasteiger partial charge < -0.3 is 5.32 Å². The molecule has 0 saturated carbocycles. The highest BCUT2D eigenvalue weighted by atomic mass is 35.5. The second-order valence-corrected chi connectivity index (χ2v) is 6.13. The van der Waals surface area contributed by atoms with Gasteiger partial charge in [0.25, 0.3) is 0 Å². The summed E-state index contributed by atoms with van der Waals surface area (Å²) in [5.74, 6) is 0.00478. The highest BCUT2D eigenvalue weighted by Gasteiger charge is 2.10. The molecule has 0 saturated heterocycles. The molecule has 6 heteroatoms. The predicted octanol–water partition coefficient (Wildman–Crippen LogP) is 1.97. The van der Waals surface area contributed by atoms with Crippen LogP contribution in [-0.2, 0) is 14.6 Å². The SMILES string of the molecule is Cc1ccc(S(C)(=O)=O)cc1NC(=O)CCCl. The van der Waals surface area contributed by atoms with Crippen molar-refractivity contribution in [1.29, 1.82) is 0 Å². The van der Waals surface area contributed by atoms with Crippen LogP contribution < -0.4 is 5.32 Å². The Labute approximate surface area is 106 Å². The first-order valence-corrected chi connectivity index (χ1v) is 7.43. The summed E-state index contributed by atoms with van der Waals surface area (Å²) in [6, 6.07) is 4.63. The number of carbonyl (C=O) groups is 1. The van der Waals surface area contributed by atoms with Gasteiger partial charge in [0, 0.05) is 24.2 Å². The van der Waals surface area contributed by atoms with Gasteiger partial charge in [-0.1, -0.05) is 6.07 Å². The van der Waals surface area contributed by atoms with Gasteiger partial charge in [-0.2, -0.15) is 0 Å². The van der Waals surface area contributed by atoms with E-state index < -0.39 is 9.84 Å². The lowest BCUT2D eigenvalue weighted by Gasteiger charge is -2.09. The van der Waals surface area contributed by atoms with E-state index in [4.69, 9.17) is 11.6 Å². The van der Waals surface area contributed by atoms with Crippen molar-refractivity contribution in [2.24, 2.45) is 0 Å². The number of hydrogen-bond acceptors (Lipinski definition) is 3. The van der Waals surface area contributed by atoms with Gasteiger partial charge in [0.15, 0.2) is 9.84 Å². The molecule has 0 aliphatic carbocycles. The molecule has 4 nitrogen and oxygen atoms in total. The van der Waals surface area contributed by atoms with Crippen molar-refractivity contribution < 1.29 is 13.2 Å². The Balaban J connectivity index is 3.03. The third kappa shape index (κ3) is 4.02. The third-order valence-electron chi connectivity index (χ3n) is 2.23. The van der Waals surface area contributed by atoms with Crippen molar-refractivity contribution in [3.05, 3.63) is 23.8 Å². The predicted molar refractivity (Wildman–Crippen MR) is 68.3 cm³/mol. The molecule has 1 aromatic carbocycles. The van der Waals surface area contributed by atoms with Crippen LogP contribution in [0.1, 0.15) is 12.0 Å². The number of aryl methyl sites for hydroxylation is 1. The average molecular weight is 276 g/mol. The molecule has 0 unspecified atom stereocenters. The molecule has 0 bridgehead atoms. The lowest BCUT2D eigenvalue weighted by atomic mass is 10.2. The van der Waals surface area contributed by atoms with E-state index in [-0.39, 0.29) is 23.1 Å². The van der Waals surface area contributed by atoms with E-state index >= 15 is 0 Å². The van der Waals surface area contributed by atoms with Crippen molar-refractivity contribution in [3.8, 4) is 0 Å². The van der Waals surface area contributed by atoms with Gasteiger partial charge in [0.05, 0.1) is 4.90 Å². The Bertz CT molecular complexity index is 526. The molecule has 1 aromatic rings. The Morgan fingerprint density at radius 2 is 2.06 bits per heavy atom. The quantitative estimate of drug-likeness (QED) is 0.855. The number of hydrogen-bond donors (Lipinski definition) is 1. The molecule has 0 aromatic heterocycles. The van der Waals surface area contributed by atoms with E-state index in [9.17, 15) is 13.2 Å². The molecule has 1 amide bonds. The number of nitrogens with one attached hydrogen (secondary N) is 1. The Morgan fingerprint density at radius 3 is 2.59 bits per heavy atom. The highest BCUT2D eigenvalue weighted by molar-refractivity contribution is 7.90. The molecule has 1 N–H and O–H groups in total. The maximum Gasteiger partial charge on any atom is 0.225 e. The van der Waals surface area contributed by atoms with Gasteiger partial charge in [-0.15, -0.1) is 11.6 Å². The van der Waals surface area contributed by atoms with Gasteiger partial charge in [-0.3, -0.25) is 4.79 Å². The molecule has 0 radical (unpaired) electrons. The molecule has 0 atom stereocenters. The molecule has 0 fully saturated rings. The fourth-order valence-electron chi connectivity index (χ4n) is 1.26. The van der Waals surface area contributed by atoms with Crippen LogP contribution in [0.3, 0.4) is 0 Å². The number of amides is 1. The first kappa shape index (κ1) is 14.0. The average Bonchev–Trinajstić information content (AvgIpc) is 2.20. The van der Waals surface area contributed by atoms with Gasteiger partial charge in [-0.25, -0.2) is 8.42 Å². The molecule has 0 aliphatic rings. The molecule has 17 heavy (non-hydrogen) atoms. The number of carbonyl (C=O) groups excluding carboxylic acids is 1. The van der Waals surface area contributed by atoms with Crippen LogP contribution in [0.2, 0.25) is 0 Å². The highest BCUT2D eigenvalue weighted by Crippen LogP contribution is 2.20. The summed E-state index contributed by atoms with van der Waals surface area (Å²) in [7, 11) is -3.27. The van der Waals surface area contributed by atoms with Crippen LogP contribution in [0.4, 0.5) is 5.69 Å². The second-order valence-electron chi connectivity index (χ2n) is 3.74. The van der Waals surface area contributed by atoms with E-state index in [1.807, 2.05) is 0 Å². The number of sulfone groups is 1. The lowest BCUT2D eigenvalue weighted by molar-refractivity contribution is -0.115. The minimum Gasteiger partial charge on any atom is -0.326 e. The van der Waals surface area contributed by atoms with Crippen molar-refractivity contribution in [1.82, 2.24) is 0 Å². The molecular formula is C11H14ClNO3S. The van der Waals surface area contributed by atoms with Crippen LogP contribution in [0, 0.1) is 6.92 Å². The van der Waals surface area contributed by atoms with Crippen molar-refractivity contribution >= 4 is 33.0 Å². The maximum absolute atomic E-state index is 11.4. The van der Waals surface area contributed by atoms with E-state index in [1.54, 1.807) is 13.0 Å². The molecule has 0 aliphatic heterocycles. The Morgan fingerprint density at radius 1 is 1.41 bits per heavy atom. The summed E-state index contributed by atoms with van der Waals surface area (Å²) < 4.78 is 22.7. The van der Waals surface area contributed by atoms with Crippen LogP contribution in [0.15, 0.2) is 23.1 Å². The largest absolute Gasteiger partial charge is 0.326 e. The topological polar surface area (TPSA) is 63.2 Å². The zero-order chi connectivity index (χ0) is 13.1. The first-order chi connectivity index (χ1) is 7.84. The zero-order valence-corrected chi connectivity index (χ0v) is 11.2. The number of rotatable bonds is 4. The summed E-state index contributed by atoms with van der Waals surface area (Å²) in [6.07, 6.45) is 1.33. The maximum atomic E-state index is 11.4. The summed E-state index contributed by atoms with van der Waals surface area (Å²) in [5.41, 5.74) is 1.31. The van der Waals surface area contributed by atoms with Crippen molar-refractivity contribution in [2.45, 2.75) is 18.2 Å². The van der Waals surface area contributed by atoms with Gasteiger partial charge in [0.1, 0.15) is 0 Å². The van der Waals surface area contributed by atoms with Crippen molar-refractivity contribution in [3.63, 3.8) is 0 Å². The zero-order valence-electron chi connectivity index (χ0n) is 9.66. The number of anilines is 1. The first-order valence-electron chi connectivity index (χ1n) is 5.01. The van der Waals surface area contributed by atoms with Gasteiger partial charge in [0.2, 0.25) is 5.91 Å². The molecule has 94 valence electrons. The van der Waals surface area contributed by atoms with Gasteiger partial charge >= 0.3 is 0 Å². The van der Waals surface area contributed by atoms with E-state index in [0.717, 1.165) is 11.8 Å². The number of alkyl halides is 1. The van der Waals surface area contributed by atoms with Crippen LogP contribution in [0.25, 0.3) is 0 Å². The molecule has 1 rings (SSSR count). The lowest BCUT2D eigenvalue weighted by Crippen LogP contribution is -2.13. The van der Waals surface area contributed by atoms with Crippen molar-refractivity contribution in [2.75, 3.05) is 17.5 Å².